The number of hydrogen-bond donors (Lipinski definition) is 0. The van der Waals surface area contributed by atoms with Gasteiger partial charge >= 0.3 is 0 Å². The maximum Gasteiger partial charge on any atom is 0.202 e. The van der Waals surface area contributed by atoms with Gasteiger partial charge in [0.15, 0.2) is 0 Å². The number of carbonyl (C=O) groups excluding carboxylic acids is 1. The Kier molecular flexibility index (Phi) is 4.30. The lowest BCUT2D eigenvalue weighted by atomic mass is 9.89. The Labute approximate surface area is 147 Å². The van der Waals surface area contributed by atoms with E-state index in [1.807, 2.05) is 12.1 Å². The predicted molar refractivity (Wildman–Crippen MR) is 104 cm³/mol. The van der Waals surface area contributed by atoms with Gasteiger partial charge < -0.3 is 0 Å². The molecule has 4 rings (SSSR count). The normalized spacial score (nSPS) is 11.2. The quantitative estimate of drug-likeness (QED) is 0.474. The van der Waals surface area contributed by atoms with Crippen LogP contribution >= 0.6 is 0 Å². The van der Waals surface area contributed by atoms with Crippen LogP contribution < -0.4 is 0 Å². The molecule has 0 spiro atoms. The van der Waals surface area contributed by atoms with Crippen molar-refractivity contribution in [3.63, 3.8) is 0 Å². The van der Waals surface area contributed by atoms with E-state index < -0.39 is 0 Å². The highest BCUT2D eigenvalue weighted by atomic mass is 16.1. The minimum Gasteiger partial charge on any atom is -0.291 e. The third-order valence-electron chi connectivity index (χ3n) is 4.86. The minimum absolute atomic E-state index is 0.142. The molecule has 4 aromatic rings. The van der Waals surface area contributed by atoms with Gasteiger partial charge in [-0.15, -0.1) is 0 Å². The summed E-state index contributed by atoms with van der Waals surface area (Å²) in [7, 11) is 0. The summed E-state index contributed by atoms with van der Waals surface area (Å²) >= 11 is 0. The first-order valence-corrected chi connectivity index (χ1v) is 8.66. The zero-order valence-electron chi connectivity index (χ0n) is 14.0. The Morgan fingerprint density at radius 3 is 1.52 bits per heavy atom. The summed E-state index contributed by atoms with van der Waals surface area (Å²) in [4.78, 5) is 11.7. The Bertz CT molecular complexity index is 940. The van der Waals surface area contributed by atoms with Crippen LogP contribution in [0.2, 0.25) is 0 Å². The molecule has 0 aliphatic rings. The highest BCUT2D eigenvalue weighted by Gasteiger charge is 2.14. The van der Waals surface area contributed by atoms with E-state index in [2.05, 4.69) is 79.1 Å². The molecule has 1 radical (unpaired) electrons. The van der Waals surface area contributed by atoms with Crippen molar-refractivity contribution >= 4 is 27.8 Å². The molecular formula is C24H19O. The standard InChI is InChI=1S/C24H19O/c25-17-18(15-21-11-5-9-19-7-1-3-13-23(19)21)16-22-12-6-10-20-8-2-4-14-24(20)22/h1-14,18H,15-16H2. The van der Waals surface area contributed by atoms with Gasteiger partial charge in [-0.1, -0.05) is 84.9 Å². The summed E-state index contributed by atoms with van der Waals surface area (Å²) in [6.07, 6.45) is 3.71. The summed E-state index contributed by atoms with van der Waals surface area (Å²) < 4.78 is 0. The SMILES string of the molecule is O=[C]C(Cc1cccc2ccccc12)Cc1cccc2ccccc12. The van der Waals surface area contributed by atoms with E-state index in [9.17, 15) is 4.79 Å². The highest BCUT2D eigenvalue weighted by molar-refractivity contribution is 5.87. The largest absolute Gasteiger partial charge is 0.291 e. The van der Waals surface area contributed by atoms with Gasteiger partial charge in [0.25, 0.3) is 0 Å². The fraction of sp³-hybridized carbons (Fsp3) is 0.125. The summed E-state index contributed by atoms with van der Waals surface area (Å²) in [6.45, 7) is 0. The van der Waals surface area contributed by atoms with Gasteiger partial charge in [0.2, 0.25) is 6.29 Å². The Hall–Kier alpha value is -2.93. The molecule has 4 aromatic carbocycles. The van der Waals surface area contributed by atoms with Crippen LogP contribution in [-0.4, -0.2) is 6.29 Å². The van der Waals surface area contributed by atoms with E-state index in [4.69, 9.17) is 0 Å². The molecule has 0 heterocycles. The molecule has 0 unspecified atom stereocenters. The lowest BCUT2D eigenvalue weighted by molar-refractivity contribution is 0.517. The summed E-state index contributed by atoms with van der Waals surface area (Å²) in [5.41, 5.74) is 2.43. The van der Waals surface area contributed by atoms with Gasteiger partial charge in [-0.3, -0.25) is 4.79 Å². The minimum atomic E-state index is -0.142. The molecule has 0 N–H and O–H groups in total. The number of fused-ring (bicyclic) bond motifs is 2. The second kappa shape index (κ2) is 6.90. The zero-order valence-corrected chi connectivity index (χ0v) is 14.0. The van der Waals surface area contributed by atoms with Crippen LogP contribution in [0.5, 0.6) is 0 Å². The van der Waals surface area contributed by atoms with Crippen molar-refractivity contribution in [2.24, 2.45) is 5.92 Å². The molecule has 0 aliphatic carbocycles. The molecule has 0 atom stereocenters. The second-order valence-electron chi connectivity index (χ2n) is 6.50. The van der Waals surface area contributed by atoms with Crippen molar-refractivity contribution in [2.45, 2.75) is 12.8 Å². The van der Waals surface area contributed by atoms with Crippen molar-refractivity contribution in [3.8, 4) is 0 Å². The summed E-state index contributed by atoms with van der Waals surface area (Å²) in [5, 5.41) is 4.89. The van der Waals surface area contributed by atoms with Crippen LogP contribution in [0.3, 0.4) is 0 Å². The van der Waals surface area contributed by atoms with Crippen LogP contribution in [0.15, 0.2) is 84.9 Å². The Morgan fingerprint density at radius 2 is 1.04 bits per heavy atom. The fourth-order valence-electron chi connectivity index (χ4n) is 3.63. The average molecular weight is 323 g/mol. The zero-order chi connectivity index (χ0) is 17.1. The average Bonchev–Trinajstić information content (AvgIpc) is 2.68. The van der Waals surface area contributed by atoms with E-state index in [1.165, 1.54) is 32.7 Å². The van der Waals surface area contributed by atoms with Gasteiger partial charge in [-0.2, -0.15) is 0 Å². The van der Waals surface area contributed by atoms with Crippen LogP contribution in [0.4, 0.5) is 0 Å². The van der Waals surface area contributed by atoms with Crippen molar-refractivity contribution < 1.29 is 4.79 Å². The van der Waals surface area contributed by atoms with Gasteiger partial charge in [0.1, 0.15) is 0 Å². The smallest absolute Gasteiger partial charge is 0.202 e. The predicted octanol–water partition coefficient (Wildman–Crippen LogP) is 5.50. The summed E-state index contributed by atoms with van der Waals surface area (Å²) in [6, 6.07) is 29.3. The van der Waals surface area contributed by atoms with Crippen molar-refractivity contribution in [1.82, 2.24) is 0 Å². The van der Waals surface area contributed by atoms with Gasteiger partial charge in [0.05, 0.1) is 0 Å². The van der Waals surface area contributed by atoms with Gasteiger partial charge in [0, 0.05) is 5.92 Å². The third kappa shape index (κ3) is 3.18. The van der Waals surface area contributed by atoms with Crippen LogP contribution in [0.25, 0.3) is 21.5 Å². The molecule has 0 fully saturated rings. The number of benzene rings is 4. The monoisotopic (exact) mass is 323 g/mol. The highest BCUT2D eigenvalue weighted by Crippen LogP contribution is 2.25. The molecule has 1 nitrogen and oxygen atoms in total. The van der Waals surface area contributed by atoms with E-state index in [0.29, 0.717) is 12.8 Å². The molecule has 25 heavy (non-hydrogen) atoms. The first kappa shape index (κ1) is 15.6. The van der Waals surface area contributed by atoms with E-state index in [-0.39, 0.29) is 5.92 Å². The molecule has 0 bridgehead atoms. The molecular weight excluding hydrogens is 304 g/mol. The third-order valence-corrected chi connectivity index (χ3v) is 4.86. The summed E-state index contributed by atoms with van der Waals surface area (Å²) in [5.74, 6) is -0.142. The van der Waals surface area contributed by atoms with Gasteiger partial charge in [-0.05, 0) is 45.5 Å². The lowest BCUT2D eigenvalue weighted by Crippen LogP contribution is -2.10. The topological polar surface area (TPSA) is 17.1 Å². The molecule has 0 saturated carbocycles. The maximum atomic E-state index is 11.7. The van der Waals surface area contributed by atoms with E-state index >= 15 is 0 Å². The van der Waals surface area contributed by atoms with Crippen LogP contribution in [0, 0.1) is 5.92 Å². The van der Waals surface area contributed by atoms with Crippen molar-refractivity contribution in [3.05, 3.63) is 96.1 Å². The van der Waals surface area contributed by atoms with Crippen molar-refractivity contribution in [1.29, 1.82) is 0 Å². The number of hydrogen-bond acceptors (Lipinski definition) is 1. The molecule has 1 heteroatoms. The Balaban J connectivity index is 1.65. The molecule has 0 saturated heterocycles. The first-order valence-electron chi connectivity index (χ1n) is 8.66. The lowest BCUT2D eigenvalue weighted by Gasteiger charge is -2.13. The molecule has 0 amide bonds. The van der Waals surface area contributed by atoms with Crippen LogP contribution in [0.1, 0.15) is 11.1 Å². The van der Waals surface area contributed by atoms with E-state index in [0.717, 1.165) is 0 Å². The fourth-order valence-corrected chi connectivity index (χ4v) is 3.63. The van der Waals surface area contributed by atoms with Crippen molar-refractivity contribution in [2.75, 3.05) is 0 Å². The van der Waals surface area contributed by atoms with Crippen LogP contribution in [-0.2, 0) is 17.6 Å². The molecule has 121 valence electrons. The first-order chi connectivity index (χ1) is 12.3. The molecule has 0 aliphatic heterocycles. The number of rotatable bonds is 5. The maximum absolute atomic E-state index is 11.7. The van der Waals surface area contributed by atoms with Gasteiger partial charge in [-0.25, -0.2) is 0 Å². The Morgan fingerprint density at radius 1 is 0.600 bits per heavy atom. The second-order valence-corrected chi connectivity index (χ2v) is 6.50. The van der Waals surface area contributed by atoms with E-state index in [1.54, 1.807) is 0 Å². The molecule has 0 aromatic heterocycles.